The maximum absolute atomic E-state index is 13.6. The van der Waals surface area contributed by atoms with Crippen molar-refractivity contribution in [3.05, 3.63) is 60.2 Å². The molecule has 1 amide bonds. The number of morpholine rings is 1. The average Bonchev–Trinajstić information content (AvgIpc) is 3.30. The van der Waals surface area contributed by atoms with Crippen LogP contribution in [0.5, 0.6) is 0 Å². The molecule has 1 atom stereocenters. The van der Waals surface area contributed by atoms with Gasteiger partial charge < -0.3 is 14.5 Å². The Kier molecular flexibility index (Phi) is 6.89. The number of nitrogens with zero attached hydrogens (tertiary/aromatic N) is 5. The number of ether oxygens (including phenoxy) is 1. The summed E-state index contributed by atoms with van der Waals surface area (Å²) in [6, 6.07) is 18.5. The second-order valence-electron chi connectivity index (χ2n) is 7.88. The maximum atomic E-state index is 13.6. The highest BCUT2D eigenvalue weighted by atomic mass is 32.2. The van der Waals surface area contributed by atoms with Gasteiger partial charge in [0.25, 0.3) is 0 Å². The lowest BCUT2D eigenvalue weighted by atomic mass is 10.1. The molecule has 172 valence electrons. The number of rotatable bonds is 6. The van der Waals surface area contributed by atoms with Gasteiger partial charge in [0.05, 0.1) is 30.7 Å². The molecule has 2 aliphatic rings. The zero-order valence-electron chi connectivity index (χ0n) is 18.6. The van der Waals surface area contributed by atoms with Crippen LogP contribution in [0, 0.1) is 0 Å². The van der Waals surface area contributed by atoms with E-state index in [2.05, 4.69) is 44.8 Å². The lowest BCUT2D eigenvalue weighted by Crippen LogP contribution is -2.39. The van der Waals surface area contributed by atoms with Crippen LogP contribution in [0.2, 0.25) is 0 Å². The summed E-state index contributed by atoms with van der Waals surface area (Å²) in [6.07, 6.45) is 0. The second kappa shape index (κ2) is 10.2. The molecule has 7 nitrogen and oxygen atoms in total. The van der Waals surface area contributed by atoms with E-state index in [1.165, 1.54) is 11.8 Å². The third-order valence-electron chi connectivity index (χ3n) is 5.92. The Morgan fingerprint density at radius 1 is 1.09 bits per heavy atom. The summed E-state index contributed by atoms with van der Waals surface area (Å²) in [5, 5.41) is 9.63. The van der Waals surface area contributed by atoms with Crippen LogP contribution < -0.4 is 9.80 Å². The number of anilines is 2. The summed E-state index contributed by atoms with van der Waals surface area (Å²) in [6.45, 7) is 5.86. The molecule has 0 radical (unpaired) electrons. The zero-order valence-corrected chi connectivity index (χ0v) is 20.2. The third kappa shape index (κ3) is 4.62. The van der Waals surface area contributed by atoms with Crippen molar-refractivity contribution in [3.63, 3.8) is 0 Å². The molecule has 0 aliphatic carbocycles. The summed E-state index contributed by atoms with van der Waals surface area (Å²) in [5.41, 5.74) is 2.14. The van der Waals surface area contributed by atoms with Crippen molar-refractivity contribution in [1.29, 1.82) is 0 Å². The number of carbonyl (C=O) groups is 1. The van der Waals surface area contributed by atoms with Crippen molar-refractivity contribution in [1.82, 2.24) is 14.8 Å². The van der Waals surface area contributed by atoms with E-state index in [1.54, 1.807) is 0 Å². The molecule has 3 heterocycles. The quantitative estimate of drug-likeness (QED) is 0.491. The van der Waals surface area contributed by atoms with Crippen LogP contribution in [0.4, 0.5) is 11.6 Å². The number of amides is 1. The Morgan fingerprint density at radius 3 is 2.64 bits per heavy atom. The molecular weight excluding hydrogens is 454 g/mol. The number of fused-ring (bicyclic) bond motifs is 1. The van der Waals surface area contributed by atoms with Crippen LogP contribution in [-0.4, -0.2) is 58.5 Å². The minimum absolute atomic E-state index is 0.00663. The van der Waals surface area contributed by atoms with Crippen molar-refractivity contribution in [3.8, 4) is 0 Å². The first-order chi connectivity index (χ1) is 16.3. The highest BCUT2D eigenvalue weighted by Crippen LogP contribution is 2.43. The topological polar surface area (TPSA) is 63.5 Å². The minimum Gasteiger partial charge on any atom is -0.378 e. The normalized spacial score (nSPS) is 18.3. The van der Waals surface area contributed by atoms with Crippen molar-refractivity contribution in [2.45, 2.75) is 29.6 Å². The summed E-state index contributed by atoms with van der Waals surface area (Å²) in [7, 11) is 0. The number of benzene rings is 2. The molecule has 1 saturated heterocycles. The zero-order chi connectivity index (χ0) is 22.6. The number of para-hydroxylation sites is 1. The molecule has 1 fully saturated rings. The van der Waals surface area contributed by atoms with E-state index in [4.69, 9.17) is 4.74 Å². The lowest BCUT2D eigenvalue weighted by Gasteiger charge is -2.37. The highest BCUT2D eigenvalue weighted by Gasteiger charge is 2.32. The van der Waals surface area contributed by atoms with Gasteiger partial charge >= 0.3 is 0 Å². The Hall–Kier alpha value is -2.49. The average molecular weight is 482 g/mol. The van der Waals surface area contributed by atoms with Crippen LogP contribution in [0.25, 0.3) is 0 Å². The van der Waals surface area contributed by atoms with Gasteiger partial charge in [-0.25, -0.2) is 0 Å². The smallest absolute Gasteiger partial charge is 0.238 e. The van der Waals surface area contributed by atoms with E-state index in [0.29, 0.717) is 19.0 Å². The minimum atomic E-state index is 0.00663. The summed E-state index contributed by atoms with van der Waals surface area (Å²) in [5.74, 6) is 2.09. The first-order valence-corrected chi connectivity index (χ1v) is 13.2. The van der Waals surface area contributed by atoms with Gasteiger partial charge in [-0.05, 0) is 24.6 Å². The number of aromatic nitrogens is 3. The van der Waals surface area contributed by atoms with Crippen molar-refractivity contribution >= 4 is 41.1 Å². The summed E-state index contributed by atoms with van der Waals surface area (Å²) >= 11 is 3.27. The van der Waals surface area contributed by atoms with Crippen molar-refractivity contribution in [2.75, 3.05) is 47.6 Å². The van der Waals surface area contributed by atoms with Gasteiger partial charge in [0.2, 0.25) is 11.9 Å². The number of hydrogen-bond acceptors (Lipinski definition) is 7. The molecule has 2 aromatic carbocycles. The van der Waals surface area contributed by atoms with Crippen molar-refractivity contribution < 1.29 is 9.53 Å². The van der Waals surface area contributed by atoms with Gasteiger partial charge in [-0.1, -0.05) is 54.2 Å². The largest absolute Gasteiger partial charge is 0.378 e. The Labute approximate surface area is 202 Å². The van der Waals surface area contributed by atoms with Crippen molar-refractivity contribution in [2.24, 2.45) is 0 Å². The molecular formula is C24H27N5O2S2. The van der Waals surface area contributed by atoms with Crippen LogP contribution in [0.1, 0.15) is 18.5 Å². The van der Waals surface area contributed by atoms with Crippen LogP contribution in [-0.2, 0) is 16.1 Å². The van der Waals surface area contributed by atoms with Crippen LogP contribution in [0.15, 0.2) is 64.6 Å². The number of hydrogen-bond donors (Lipinski definition) is 0. The van der Waals surface area contributed by atoms with E-state index >= 15 is 0 Å². The van der Waals surface area contributed by atoms with Crippen LogP contribution in [0.3, 0.4) is 0 Å². The first kappa shape index (κ1) is 22.3. The van der Waals surface area contributed by atoms with Gasteiger partial charge in [-0.15, -0.1) is 22.0 Å². The Bertz CT molecular complexity index is 1100. The fraction of sp³-hybridized carbons (Fsp3) is 0.375. The number of carbonyl (C=O) groups excluding carboxylic acids is 1. The van der Waals surface area contributed by atoms with Gasteiger partial charge in [-0.3, -0.25) is 9.36 Å². The molecule has 2 aliphatic heterocycles. The van der Waals surface area contributed by atoms with E-state index in [1.807, 2.05) is 53.1 Å². The third-order valence-corrected chi connectivity index (χ3v) is 8.01. The molecule has 0 bridgehead atoms. The molecule has 0 unspecified atom stereocenters. The molecule has 0 spiro atoms. The van der Waals surface area contributed by atoms with Gasteiger partial charge in [0.1, 0.15) is 0 Å². The molecule has 0 N–H and O–H groups in total. The second-order valence-corrected chi connectivity index (χ2v) is 9.89. The molecule has 1 aromatic heterocycles. The van der Waals surface area contributed by atoms with Gasteiger partial charge in [0, 0.05) is 30.3 Å². The first-order valence-electron chi connectivity index (χ1n) is 11.2. The number of thioether (sulfide) groups is 2. The standard InChI is InChI=1S/C24H27N5O2S2/c1-2-28-23(27-12-14-31-15-13-27)25-26-24(28)33-17-22(30)29-19-10-6-7-11-21(19)32-16-20(29)18-8-4-3-5-9-18/h3-11,20H,2,12-17H2,1H3/t20-/m0/s1. The van der Waals surface area contributed by atoms with E-state index in [-0.39, 0.29) is 11.9 Å². The highest BCUT2D eigenvalue weighted by molar-refractivity contribution is 8.00. The molecule has 5 rings (SSSR count). The Morgan fingerprint density at radius 2 is 1.85 bits per heavy atom. The molecule has 3 aromatic rings. The predicted octanol–water partition coefficient (Wildman–Crippen LogP) is 4.11. The lowest BCUT2D eigenvalue weighted by molar-refractivity contribution is -0.116. The summed E-state index contributed by atoms with van der Waals surface area (Å²) in [4.78, 5) is 19.0. The Balaban J connectivity index is 1.37. The van der Waals surface area contributed by atoms with E-state index in [9.17, 15) is 4.79 Å². The summed E-state index contributed by atoms with van der Waals surface area (Å²) < 4.78 is 7.56. The van der Waals surface area contributed by atoms with E-state index < -0.39 is 0 Å². The van der Waals surface area contributed by atoms with Gasteiger partial charge in [-0.2, -0.15) is 0 Å². The fourth-order valence-electron chi connectivity index (χ4n) is 4.28. The maximum Gasteiger partial charge on any atom is 0.238 e. The molecule has 9 heteroatoms. The monoisotopic (exact) mass is 481 g/mol. The molecule has 0 saturated carbocycles. The fourth-order valence-corrected chi connectivity index (χ4v) is 6.30. The predicted molar refractivity (Wildman–Crippen MR) is 133 cm³/mol. The van der Waals surface area contributed by atoms with Gasteiger partial charge in [0.15, 0.2) is 5.16 Å². The molecule has 33 heavy (non-hydrogen) atoms. The van der Waals surface area contributed by atoms with E-state index in [0.717, 1.165) is 52.6 Å². The van der Waals surface area contributed by atoms with Crippen LogP contribution >= 0.6 is 23.5 Å². The SMILES string of the molecule is CCn1c(SCC(=O)N2c3ccccc3SC[C@H]2c2ccccc2)nnc1N1CCOCC1.